The first-order valence-electron chi connectivity index (χ1n) is 5.47. The third kappa shape index (κ3) is 3.45. The van der Waals surface area contributed by atoms with Gasteiger partial charge in [0.2, 0.25) is 0 Å². The SMILES string of the molecule is CCC(CO)(CO)NC(=O)c1ccc(Br)cc1Cl. The summed E-state index contributed by atoms with van der Waals surface area (Å²) in [5.41, 5.74) is -0.715. The molecule has 0 aliphatic carbocycles. The summed E-state index contributed by atoms with van der Waals surface area (Å²) in [6.07, 6.45) is 0.417. The molecule has 100 valence electrons. The summed E-state index contributed by atoms with van der Waals surface area (Å²) >= 11 is 9.22. The Hall–Kier alpha value is -0.620. The number of aliphatic hydroxyl groups is 2. The second kappa shape index (κ2) is 6.52. The third-order valence-electron chi connectivity index (χ3n) is 2.84. The molecule has 0 aromatic heterocycles. The van der Waals surface area contributed by atoms with E-state index in [1.807, 2.05) is 0 Å². The zero-order valence-electron chi connectivity index (χ0n) is 9.91. The van der Waals surface area contributed by atoms with Gasteiger partial charge in [0.15, 0.2) is 0 Å². The summed E-state index contributed by atoms with van der Waals surface area (Å²) in [7, 11) is 0. The van der Waals surface area contributed by atoms with Gasteiger partial charge < -0.3 is 15.5 Å². The first-order valence-corrected chi connectivity index (χ1v) is 6.64. The van der Waals surface area contributed by atoms with Crippen LogP contribution in [0.2, 0.25) is 5.02 Å². The van der Waals surface area contributed by atoms with Crippen molar-refractivity contribution in [2.24, 2.45) is 0 Å². The second-order valence-corrected chi connectivity index (χ2v) is 5.35. The largest absolute Gasteiger partial charge is 0.394 e. The standard InChI is InChI=1S/C12H15BrClNO3/c1-2-12(6-16,7-17)15-11(18)9-4-3-8(13)5-10(9)14/h3-5,16-17H,2,6-7H2,1H3,(H,15,18). The number of carbonyl (C=O) groups is 1. The normalized spacial score (nSPS) is 11.4. The molecule has 3 N–H and O–H groups in total. The zero-order valence-corrected chi connectivity index (χ0v) is 12.3. The molecule has 1 rings (SSSR count). The number of hydrogen-bond acceptors (Lipinski definition) is 3. The highest BCUT2D eigenvalue weighted by atomic mass is 79.9. The van der Waals surface area contributed by atoms with Crippen molar-refractivity contribution in [3.8, 4) is 0 Å². The highest BCUT2D eigenvalue weighted by Crippen LogP contribution is 2.22. The maximum atomic E-state index is 12.0. The molecular weight excluding hydrogens is 321 g/mol. The molecule has 0 spiro atoms. The second-order valence-electron chi connectivity index (χ2n) is 4.03. The monoisotopic (exact) mass is 335 g/mol. The fourth-order valence-corrected chi connectivity index (χ4v) is 2.18. The fraction of sp³-hybridized carbons (Fsp3) is 0.417. The van der Waals surface area contributed by atoms with E-state index in [1.165, 1.54) is 0 Å². The summed E-state index contributed by atoms with van der Waals surface area (Å²) in [5.74, 6) is -0.419. The van der Waals surface area contributed by atoms with Crippen LogP contribution in [0.25, 0.3) is 0 Å². The van der Waals surface area contributed by atoms with Crippen LogP contribution < -0.4 is 5.32 Å². The predicted molar refractivity (Wildman–Crippen MR) is 73.8 cm³/mol. The number of amides is 1. The molecule has 0 aliphatic rings. The van der Waals surface area contributed by atoms with Gasteiger partial charge in [0.1, 0.15) is 0 Å². The van der Waals surface area contributed by atoms with Gasteiger partial charge in [-0.15, -0.1) is 0 Å². The molecule has 0 heterocycles. The molecule has 1 aromatic rings. The van der Waals surface area contributed by atoms with E-state index < -0.39 is 11.4 Å². The van der Waals surface area contributed by atoms with Crippen LogP contribution in [0.15, 0.2) is 22.7 Å². The van der Waals surface area contributed by atoms with Crippen LogP contribution in [-0.4, -0.2) is 34.9 Å². The van der Waals surface area contributed by atoms with E-state index in [0.717, 1.165) is 4.47 Å². The predicted octanol–water partition coefficient (Wildman–Crippen LogP) is 1.97. The van der Waals surface area contributed by atoms with Crippen molar-refractivity contribution in [1.82, 2.24) is 5.32 Å². The number of rotatable bonds is 5. The molecule has 0 saturated heterocycles. The van der Waals surface area contributed by atoms with E-state index in [0.29, 0.717) is 17.0 Å². The first-order chi connectivity index (χ1) is 8.48. The molecule has 1 amide bonds. The minimum atomic E-state index is -1.02. The zero-order chi connectivity index (χ0) is 13.8. The van der Waals surface area contributed by atoms with Crippen LogP contribution in [0.3, 0.4) is 0 Å². The summed E-state index contributed by atoms with van der Waals surface area (Å²) < 4.78 is 0.773. The van der Waals surface area contributed by atoms with Gasteiger partial charge in [0.25, 0.3) is 5.91 Å². The van der Waals surface area contributed by atoms with Crippen molar-refractivity contribution in [3.05, 3.63) is 33.3 Å². The van der Waals surface area contributed by atoms with E-state index in [-0.39, 0.29) is 13.2 Å². The molecule has 0 saturated carbocycles. The molecule has 0 atom stereocenters. The van der Waals surface area contributed by atoms with Crippen molar-refractivity contribution in [2.45, 2.75) is 18.9 Å². The number of benzene rings is 1. The van der Waals surface area contributed by atoms with Gasteiger partial charge in [-0.25, -0.2) is 0 Å². The van der Waals surface area contributed by atoms with Crippen molar-refractivity contribution < 1.29 is 15.0 Å². The summed E-state index contributed by atoms with van der Waals surface area (Å²) in [5, 5.41) is 21.5. The van der Waals surface area contributed by atoms with Gasteiger partial charge >= 0.3 is 0 Å². The minimum absolute atomic E-state index is 0.305. The molecule has 1 aromatic carbocycles. The third-order valence-corrected chi connectivity index (χ3v) is 3.64. The smallest absolute Gasteiger partial charge is 0.253 e. The molecule has 0 fully saturated rings. The van der Waals surface area contributed by atoms with E-state index in [4.69, 9.17) is 11.6 Å². The minimum Gasteiger partial charge on any atom is -0.394 e. The molecule has 0 aliphatic heterocycles. The van der Waals surface area contributed by atoms with Crippen LogP contribution in [0.1, 0.15) is 23.7 Å². The summed E-state index contributed by atoms with van der Waals surface area (Å²) in [6, 6.07) is 4.89. The lowest BCUT2D eigenvalue weighted by atomic mass is 9.98. The Bertz CT molecular complexity index is 427. The van der Waals surface area contributed by atoms with Crippen molar-refractivity contribution >= 4 is 33.4 Å². The highest BCUT2D eigenvalue weighted by molar-refractivity contribution is 9.10. The molecule has 6 heteroatoms. The molecule has 18 heavy (non-hydrogen) atoms. The Morgan fingerprint density at radius 1 is 1.44 bits per heavy atom. The topological polar surface area (TPSA) is 69.6 Å². The van der Waals surface area contributed by atoms with E-state index in [9.17, 15) is 15.0 Å². The lowest BCUT2D eigenvalue weighted by molar-refractivity contribution is 0.0653. The van der Waals surface area contributed by atoms with Gasteiger partial charge in [-0.1, -0.05) is 34.5 Å². The Labute approximate surface area is 119 Å². The van der Waals surface area contributed by atoms with Gasteiger partial charge in [-0.2, -0.15) is 0 Å². The number of aliphatic hydroxyl groups excluding tert-OH is 2. The molecule has 4 nitrogen and oxygen atoms in total. The molecule has 0 radical (unpaired) electrons. The van der Waals surface area contributed by atoms with Gasteiger partial charge in [-0.05, 0) is 24.6 Å². The van der Waals surface area contributed by atoms with Crippen LogP contribution in [0.5, 0.6) is 0 Å². The Balaban J connectivity index is 2.94. The number of halogens is 2. The highest BCUT2D eigenvalue weighted by Gasteiger charge is 2.29. The average Bonchev–Trinajstić information content (AvgIpc) is 2.36. The summed E-state index contributed by atoms with van der Waals surface area (Å²) in [4.78, 5) is 12.0. The first kappa shape index (κ1) is 15.4. The molecular formula is C12H15BrClNO3. The van der Waals surface area contributed by atoms with Crippen LogP contribution >= 0.6 is 27.5 Å². The van der Waals surface area contributed by atoms with Crippen LogP contribution in [0.4, 0.5) is 0 Å². The van der Waals surface area contributed by atoms with Crippen LogP contribution in [-0.2, 0) is 0 Å². The van der Waals surface area contributed by atoms with E-state index in [2.05, 4.69) is 21.2 Å². The quantitative estimate of drug-likeness (QED) is 0.770. The number of hydrogen-bond donors (Lipinski definition) is 3. The van der Waals surface area contributed by atoms with Gasteiger partial charge in [0.05, 0.1) is 29.3 Å². The maximum Gasteiger partial charge on any atom is 0.253 e. The molecule has 0 bridgehead atoms. The fourth-order valence-electron chi connectivity index (χ4n) is 1.42. The number of carbonyl (C=O) groups excluding carboxylic acids is 1. The van der Waals surface area contributed by atoms with Crippen molar-refractivity contribution in [1.29, 1.82) is 0 Å². The lowest BCUT2D eigenvalue weighted by Crippen LogP contribution is -2.53. The Kier molecular flexibility index (Phi) is 5.59. The lowest BCUT2D eigenvalue weighted by Gasteiger charge is -2.29. The Morgan fingerprint density at radius 3 is 2.50 bits per heavy atom. The summed E-state index contributed by atoms with van der Waals surface area (Å²) in [6.45, 7) is 1.11. The van der Waals surface area contributed by atoms with Crippen LogP contribution in [0, 0.1) is 0 Å². The van der Waals surface area contributed by atoms with E-state index >= 15 is 0 Å². The molecule has 0 unspecified atom stereocenters. The van der Waals surface area contributed by atoms with Crippen molar-refractivity contribution in [3.63, 3.8) is 0 Å². The number of nitrogens with one attached hydrogen (secondary N) is 1. The van der Waals surface area contributed by atoms with Crippen molar-refractivity contribution in [2.75, 3.05) is 13.2 Å². The maximum absolute atomic E-state index is 12.0. The van der Waals surface area contributed by atoms with E-state index in [1.54, 1.807) is 25.1 Å². The van der Waals surface area contributed by atoms with Gasteiger partial charge in [-0.3, -0.25) is 4.79 Å². The van der Waals surface area contributed by atoms with Gasteiger partial charge in [0, 0.05) is 4.47 Å². The Morgan fingerprint density at radius 2 is 2.06 bits per heavy atom. The average molecular weight is 337 g/mol.